The van der Waals surface area contributed by atoms with E-state index in [4.69, 9.17) is 15.5 Å². The molecule has 3 heterocycles. The van der Waals surface area contributed by atoms with E-state index >= 15 is 0 Å². The van der Waals surface area contributed by atoms with Crippen molar-refractivity contribution in [1.82, 2.24) is 19.9 Å². The minimum atomic E-state index is 0.463. The molecule has 0 aliphatic carbocycles. The van der Waals surface area contributed by atoms with Crippen LogP contribution in [0.3, 0.4) is 0 Å². The fourth-order valence-electron chi connectivity index (χ4n) is 4.07. The summed E-state index contributed by atoms with van der Waals surface area (Å²) in [6.45, 7) is 1.93. The van der Waals surface area contributed by atoms with Crippen LogP contribution in [-0.2, 0) is 0 Å². The number of nitrogens with zero attached hydrogens (tertiary/aromatic N) is 4. The van der Waals surface area contributed by atoms with Gasteiger partial charge in [0, 0.05) is 47.7 Å². The number of aromatic nitrogens is 3. The number of anilines is 3. The van der Waals surface area contributed by atoms with Gasteiger partial charge in [-0.25, -0.2) is 9.97 Å². The number of rotatable bonds is 5. The Bertz CT molecular complexity index is 1350. The number of fused-ring (bicyclic) bond motifs is 1. The van der Waals surface area contributed by atoms with Gasteiger partial charge in [-0.1, -0.05) is 24.3 Å². The van der Waals surface area contributed by atoms with E-state index in [9.17, 15) is 0 Å². The van der Waals surface area contributed by atoms with Crippen LogP contribution in [0.4, 0.5) is 17.3 Å². The number of nitrogen functional groups attached to an aromatic ring is 1. The summed E-state index contributed by atoms with van der Waals surface area (Å²) in [5, 5.41) is 4.34. The second kappa shape index (κ2) is 8.88. The molecule has 2 aromatic carbocycles. The van der Waals surface area contributed by atoms with Crippen LogP contribution in [0.25, 0.3) is 27.7 Å². The summed E-state index contributed by atoms with van der Waals surface area (Å²) in [6.07, 6.45) is 6.75. The number of benzene rings is 2. The molecule has 0 saturated carbocycles. The van der Waals surface area contributed by atoms with Gasteiger partial charge in [-0.05, 0) is 49.4 Å². The molecule has 0 amide bonds. The highest BCUT2D eigenvalue weighted by Crippen LogP contribution is 2.36. The van der Waals surface area contributed by atoms with Crippen LogP contribution in [0.2, 0.25) is 0 Å². The maximum Gasteiger partial charge on any atom is 0.227 e. The van der Waals surface area contributed by atoms with Crippen LogP contribution in [0.5, 0.6) is 5.75 Å². The first-order chi connectivity index (χ1) is 16.1. The average Bonchev–Trinajstić information content (AvgIpc) is 2.85. The van der Waals surface area contributed by atoms with Gasteiger partial charge in [-0.2, -0.15) is 0 Å². The number of hydrogen-bond donors (Lipinski definition) is 2. The van der Waals surface area contributed by atoms with Crippen LogP contribution in [0.15, 0.2) is 67.0 Å². The highest BCUT2D eigenvalue weighted by molar-refractivity contribution is 5.84. The lowest BCUT2D eigenvalue weighted by Gasteiger charge is -2.23. The summed E-state index contributed by atoms with van der Waals surface area (Å²) in [5.74, 6) is 1.16. The minimum Gasteiger partial charge on any atom is -0.495 e. The minimum absolute atomic E-state index is 0.463. The Morgan fingerprint density at radius 3 is 2.79 bits per heavy atom. The number of ether oxygens (including phenoxy) is 1. The molecule has 0 atom stereocenters. The van der Waals surface area contributed by atoms with Crippen molar-refractivity contribution in [3.63, 3.8) is 0 Å². The van der Waals surface area contributed by atoms with Gasteiger partial charge in [0.2, 0.25) is 5.95 Å². The summed E-state index contributed by atoms with van der Waals surface area (Å²) >= 11 is 0. The van der Waals surface area contributed by atoms with Crippen molar-refractivity contribution < 1.29 is 4.74 Å². The number of hydrogen-bond acceptors (Lipinski definition) is 7. The molecule has 0 bridgehead atoms. The molecule has 0 saturated heterocycles. The van der Waals surface area contributed by atoms with Crippen LogP contribution < -0.4 is 15.8 Å². The first-order valence-electron chi connectivity index (χ1n) is 10.9. The van der Waals surface area contributed by atoms with Gasteiger partial charge in [-0.15, -0.1) is 0 Å². The van der Waals surface area contributed by atoms with E-state index < -0.39 is 0 Å². The molecule has 0 radical (unpaired) electrons. The normalized spacial score (nSPS) is 14.2. The number of para-hydroxylation sites is 1. The van der Waals surface area contributed by atoms with Crippen molar-refractivity contribution in [3.05, 3.63) is 72.6 Å². The third-order valence-electron chi connectivity index (χ3n) is 5.92. The summed E-state index contributed by atoms with van der Waals surface area (Å²) in [4.78, 5) is 15.9. The predicted molar refractivity (Wildman–Crippen MR) is 134 cm³/mol. The van der Waals surface area contributed by atoms with Gasteiger partial charge >= 0.3 is 0 Å². The van der Waals surface area contributed by atoms with Gasteiger partial charge in [0.25, 0.3) is 0 Å². The van der Waals surface area contributed by atoms with Crippen LogP contribution in [0.1, 0.15) is 12.0 Å². The van der Waals surface area contributed by atoms with E-state index in [2.05, 4.69) is 39.4 Å². The fourth-order valence-corrected chi connectivity index (χ4v) is 4.07. The summed E-state index contributed by atoms with van der Waals surface area (Å²) in [5.41, 5.74) is 12.8. The standard InChI is InChI=1S/C26H26N6O/c1-32-11-8-17(9-12-32)20-14-25(33-2)24(15-21(20)27)31-26-28-10-7-23(30-26)19-13-18-5-3-4-6-22(18)29-16-19/h3-8,10,13-16H,9,11-12,27H2,1-2H3,(H,28,30,31). The summed E-state index contributed by atoms with van der Waals surface area (Å²) < 4.78 is 5.67. The van der Waals surface area contributed by atoms with Crippen molar-refractivity contribution in [1.29, 1.82) is 0 Å². The van der Waals surface area contributed by atoms with E-state index in [0.717, 1.165) is 52.9 Å². The van der Waals surface area contributed by atoms with Crippen molar-refractivity contribution in [2.45, 2.75) is 6.42 Å². The number of nitrogens with two attached hydrogens (primary N) is 1. The molecule has 1 aliphatic heterocycles. The van der Waals surface area contributed by atoms with Gasteiger partial charge in [0.05, 0.1) is 24.0 Å². The molecule has 4 aromatic rings. The van der Waals surface area contributed by atoms with Crippen molar-refractivity contribution in [2.24, 2.45) is 0 Å². The van der Waals surface area contributed by atoms with Gasteiger partial charge < -0.3 is 20.7 Å². The molecule has 3 N–H and O–H groups in total. The third-order valence-corrected chi connectivity index (χ3v) is 5.92. The predicted octanol–water partition coefficient (Wildman–Crippen LogP) is 4.75. The number of nitrogens with one attached hydrogen (secondary N) is 1. The highest BCUT2D eigenvalue weighted by atomic mass is 16.5. The first-order valence-corrected chi connectivity index (χ1v) is 10.9. The van der Waals surface area contributed by atoms with E-state index in [1.54, 1.807) is 13.3 Å². The van der Waals surface area contributed by atoms with Crippen molar-refractivity contribution >= 4 is 33.8 Å². The lowest BCUT2D eigenvalue weighted by atomic mass is 9.97. The zero-order valence-electron chi connectivity index (χ0n) is 18.7. The Balaban J connectivity index is 1.45. The second-order valence-electron chi connectivity index (χ2n) is 8.19. The topological polar surface area (TPSA) is 89.2 Å². The Kier molecular flexibility index (Phi) is 5.62. The average molecular weight is 439 g/mol. The van der Waals surface area contributed by atoms with E-state index in [1.807, 2.05) is 48.7 Å². The van der Waals surface area contributed by atoms with Gasteiger partial charge in [0.1, 0.15) is 5.75 Å². The summed E-state index contributed by atoms with van der Waals surface area (Å²) in [7, 11) is 3.77. The molecular weight excluding hydrogens is 412 g/mol. The molecule has 0 fully saturated rings. The smallest absolute Gasteiger partial charge is 0.227 e. The Hall–Kier alpha value is -3.97. The van der Waals surface area contributed by atoms with E-state index in [1.165, 1.54) is 5.57 Å². The molecule has 7 heteroatoms. The molecule has 5 rings (SSSR count). The maximum absolute atomic E-state index is 6.44. The van der Waals surface area contributed by atoms with Crippen LogP contribution >= 0.6 is 0 Å². The second-order valence-corrected chi connectivity index (χ2v) is 8.19. The molecule has 2 aromatic heterocycles. The molecule has 1 aliphatic rings. The van der Waals surface area contributed by atoms with Gasteiger partial charge in [0.15, 0.2) is 0 Å². The molecule has 0 unspecified atom stereocenters. The van der Waals surface area contributed by atoms with E-state index in [-0.39, 0.29) is 0 Å². The lowest BCUT2D eigenvalue weighted by molar-refractivity contribution is 0.370. The fraction of sp³-hybridized carbons (Fsp3) is 0.192. The highest BCUT2D eigenvalue weighted by Gasteiger charge is 2.16. The Labute approximate surface area is 193 Å². The molecule has 166 valence electrons. The third kappa shape index (κ3) is 4.36. The Morgan fingerprint density at radius 2 is 1.97 bits per heavy atom. The number of pyridine rings is 1. The first kappa shape index (κ1) is 20.9. The lowest BCUT2D eigenvalue weighted by Crippen LogP contribution is -2.23. The van der Waals surface area contributed by atoms with Crippen molar-refractivity contribution in [2.75, 3.05) is 38.3 Å². The van der Waals surface area contributed by atoms with Crippen LogP contribution in [0, 0.1) is 0 Å². The monoisotopic (exact) mass is 438 g/mol. The molecule has 0 spiro atoms. The quantitative estimate of drug-likeness (QED) is 0.435. The zero-order valence-corrected chi connectivity index (χ0v) is 18.7. The maximum atomic E-state index is 6.44. The SMILES string of the molecule is COc1cc(C2=CCN(C)CC2)c(N)cc1Nc1nccc(-c2cnc3ccccc3c2)n1. The van der Waals surface area contributed by atoms with Crippen LogP contribution in [-0.4, -0.2) is 47.1 Å². The van der Waals surface area contributed by atoms with Gasteiger partial charge in [-0.3, -0.25) is 4.98 Å². The molecule has 33 heavy (non-hydrogen) atoms. The number of likely N-dealkylation sites (N-methyl/N-ethyl adjacent to an activating group) is 1. The Morgan fingerprint density at radius 1 is 1.09 bits per heavy atom. The zero-order chi connectivity index (χ0) is 22.8. The molecule has 7 nitrogen and oxygen atoms in total. The largest absolute Gasteiger partial charge is 0.495 e. The summed E-state index contributed by atoms with van der Waals surface area (Å²) in [6, 6.07) is 15.9. The number of methoxy groups -OCH3 is 1. The van der Waals surface area contributed by atoms with Crippen molar-refractivity contribution in [3.8, 4) is 17.0 Å². The molecular formula is C26H26N6O. The van der Waals surface area contributed by atoms with E-state index in [0.29, 0.717) is 17.4 Å².